The maximum Gasteiger partial charge on any atom is 0.290 e. The van der Waals surface area contributed by atoms with E-state index in [1.165, 1.54) is 32.1 Å². The number of rotatable bonds is 0. The van der Waals surface area contributed by atoms with E-state index in [1.54, 1.807) is 0 Å². The summed E-state index contributed by atoms with van der Waals surface area (Å²) >= 11 is 0. The van der Waals surface area contributed by atoms with Crippen molar-refractivity contribution in [3.8, 4) is 0 Å². The molecule has 0 amide bonds. The van der Waals surface area contributed by atoms with Gasteiger partial charge in [-0.2, -0.15) is 0 Å². The first-order valence-corrected chi connectivity index (χ1v) is 5.53. The Bertz CT molecular complexity index is 170. The molecule has 0 heterocycles. The van der Waals surface area contributed by atoms with E-state index in [0.29, 0.717) is 0 Å². The number of hydrogen-bond donors (Lipinski definition) is 2. The molecule has 82 valence electrons. The van der Waals surface area contributed by atoms with Crippen molar-refractivity contribution in [3.63, 3.8) is 0 Å². The summed E-state index contributed by atoms with van der Waals surface area (Å²) in [5.41, 5.74) is 0. The number of aliphatic hydroxyl groups excluding tert-OH is 1. The van der Waals surface area contributed by atoms with E-state index in [2.05, 4.69) is 0 Å². The van der Waals surface area contributed by atoms with Crippen molar-refractivity contribution in [1.29, 1.82) is 0 Å². The average Bonchev–Trinajstić information content (AvgIpc) is 2.19. The highest BCUT2D eigenvalue weighted by molar-refractivity contribution is 5.32. The monoisotopic (exact) mass is 200 g/mol. The van der Waals surface area contributed by atoms with Crippen molar-refractivity contribution >= 4 is 6.47 Å². The fraction of sp³-hybridized carbons (Fsp3) is 0.909. The Labute approximate surface area is 85.1 Å². The van der Waals surface area contributed by atoms with Gasteiger partial charge in [0.15, 0.2) is 0 Å². The second-order valence-electron chi connectivity index (χ2n) is 4.38. The lowest BCUT2D eigenvalue weighted by atomic mass is 9.70. The Kier molecular flexibility index (Phi) is 4.94. The summed E-state index contributed by atoms with van der Waals surface area (Å²) in [6, 6.07) is 0. The molecule has 0 aromatic heterocycles. The fourth-order valence-electron chi connectivity index (χ4n) is 2.85. The molecule has 3 atom stereocenters. The van der Waals surface area contributed by atoms with E-state index in [4.69, 9.17) is 9.90 Å². The fourth-order valence-corrected chi connectivity index (χ4v) is 2.85. The van der Waals surface area contributed by atoms with Gasteiger partial charge in [0, 0.05) is 0 Å². The molecule has 2 aliphatic rings. The predicted molar refractivity (Wildman–Crippen MR) is 54.0 cm³/mol. The van der Waals surface area contributed by atoms with Crippen LogP contribution in [0.3, 0.4) is 0 Å². The summed E-state index contributed by atoms with van der Waals surface area (Å²) in [7, 11) is 0. The van der Waals surface area contributed by atoms with Crippen molar-refractivity contribution in [2.24, 2.45) is 11.8 Å². The Morgan fingerprint density at radius 3 is 2.21 bits per heavy atom. The normalized spacial score (nSPS) is 36.2. The lowest BCUT2D eigenvalue weighted by Gasteiger charge is -2.37. The van der Waals surface area contributed by atoms with Crippen LogP contribution in [-0.4, -0.2) is 22.8 Å². The van der Waals surface area contributed by atoms with Gasteiger partial charge in [-0.25, -0.2) is 0 Å². The van der Waals surface area contributed by atoms with Crippen LogP contribution in [0.15, 0.2) is 0 Å². The standard InChI is InChI=1S/C10H18O.CH2O2/c11-10-6-5-8-3-1-2-4-9(8)7-10;2-1-3/h8-11H,1-7H2;1H,(H,2,3). The van der Waals surface area contributed by atoms with Crippen LogP contribution in [-0.2, 0) is 4.79 Å². The molecule has 14 heavy (non-hydrogen) atoms. The van der Waals surface area contributed by atoms with Gasteiger partial charge in [0.1, 0.15) is 0 Å². The molecule has 3 heteroatoms. The number of hydrogen-bond acceptors (Lipinski definition) is 2. The summed E-state index contributed by atoms with van der Waals surface area (Å²) in [6.07, 6.45) is 9.19. The second kappa shape index (κ2) is 6.02. The number of carboxylic acid groups (broad SMARTS) is 1. The quantitative estimate of drug-likeness (QED) is 0.588. The van der Waals surface area contributed by atoms with Crippen molar-refractivity contribution in [1.82, 2.24) is 0 Å². The number of carbonyl (C=O) groups is 1. The van der Waals surface area contributed by atoms with Crippen molar-refractivity contribution in [2.75, 3.05) is 0 Å². The van der Waals surface area contributed by atoms with Gasteiger partial charge >= 0.3 is 0 Å². The Hall–Kier alpha value is -0.570. The average molecular weight is 200 g/mol. The first-order chi connectivity index (χ1) is 6.77. The molecule has 2 aliphatic carbocycles. The van der Waals surface area contributed by atoms with Crippen LogP contribution >= 0.6 is 0 Å². The molecule has 0 radical (unpaired) electrons. The molecule has 2 saturated carbocycles. The van der Waals surface area contributed by atoms with E-state index in [-0.39, 0.29) is 12.6 Å². The summed E-state index contributed by atoms with van der Waals surface area (Å²) in [6.45, 7) is -0.250. The minimum Gasteiger partial charge on any atom is -0.483 e. The van der Waals surface area contributed by atoms with Crippen LogP contribution in [0.4, 0.5) is 0 Å². The molecule has 0 aromatic rings. The Morgan fingerprint density at radius 1 is 1.00 bits per heavy atom. The smallest absolute Gasteiger partial charge is 0.290 e. The van der Waals surface area contributed by atoms with Crippen LogP contribution in [0.5, 0.6) is 0 Å². The summed E-state index contributed by atoms with van der Waals surface area (Å²) in [4.78, 5) is 8.36. The maximum absolute atomic E-state index is 9.45. The molecule has 2 fully saturated rings. The molecule has 3 unspecified atom stereocenters. The SMILES string of the molecule is O=CO.OC1CCC2CCCCC2C1. The third-order valence-corrected chi connectivity index (χ3v) is 3.51. The zero-order valence-corrected chi connectivity index (χ0v) is 8.56. The van der Waals surface area contributed by atoms with Crippen molar-refractivity contribution in [3.05, 3.63) is 0 Å². The highest BCUT2D eigenvalue weighted by atomic mass is 16.3. The Morgan fingerprint density at radius 2 is 1.57 bits per heavy atom. The summed E-state index contributed by atoms with van der Waals surface area (Å²) < 4.78 is 0. The summed E-state index contributed by atoms with van der Waals surface area (Å²) in [5.74, 6) is 1.86. The molecular weight excluding hydrogens is 180 g/mol. The van der Waals surface area contributed by atoms with Crippen LogP contribution < -0.4 is 0 Å². The van der Waals surface area contributed by atoms with Crippen molar-refractivity contribution < 1.29 is 15.0 Å². The van der Waals surface area contributed by atoms with E-state index in [9.17, 15) is 5.11 Å². The molecule has 0 bridgehead atoms. The number of fused-ring (bicyclic) bond motifs is 1. The highest BCUT2D eigenvalue weighted by Gasteiger charge is 2.30. The third kappa shape index (κ3) is 3.29. The van der Waals surface area contributed by atoms with Gasteiger partial charge in [0.25, 0.3) is 6.47 Å². The van der Waals surface area contributed by atoms with Gasteiger partial charge in [0.2, 0.25) is 0 Å². The third-order valence-electron chi connectivity index (χ3n) is 3.51. The molecule has 0 aromatic carbocycles. The van der Waals surface area contributed by atoms with E-state index >= 15 is 0 Å². The zero-order chi connectivity index (χ0) is 10.4. The van der Waals surface area contributed by atoms with E-state index in [0.717, 1.165) is 24.7 Å². The largest absolute Gasteiger partial charge is 0.483 e. The molecular formula is C11H20O3. The zero-order valence-electron chi connectivity index (χ0n) is 8.56. The van der Waals surface area contributed by atoms with Crippen LogP contribution in [0, 0.1) is 11.8 Å². The Balaban J connectivity index is 0.000000293. The molecule has 2 rings (SSSR count). The highest BCUT2D eigenvalue weighted by Crippen LogP contribution is 2.40. The van der Waals surface area contributed by atoms with Crippen LogP contribution in [0.2, 0.25) is 0 Å². The van der Waals surface area contributed by atoms with E-state index in [1.807, 2.05) is 0 Å². The van der Waals surface area contributed by atoms with Crippen LogP contribution in [0.1, 0.15) is 44.9 Å². The first-order valence-electron chi connectivity index (χ1n) is 5.53. The lowest BCUT2D eigenvalue weighted by molar-refractivity contribution is -0.122. The van der Waals surface area contributed by atoms with Gasteiger partial charge in [-0.15, -0.1) is 0 Å². The van der Waals surface area contributed by atoms with Crippen molar-refractivity contribution in [2.45, 2.75) is 51.0 Å². The molecule has 0 spiro atoms. The van der Waals surface area contributed by atoms with Crippen LogP contribution in [0.25, 0.3) is 0 Å². The molecule has 0 saturated heterocycles. The molecule has 3 nitrogen and oxygen atoms in total. The van der Waals surface area contributed by atoms with Gasteiger partial charge < -0.3 is 10.2 Å². The molecule has 0 aliphatic heterocycles. The van der Waals surface area contributed by atoms with Gasteiger partial charge in [0.05, 0.1) is 6.10 Å². The molecule has 2 N–H and O–H groups in total. The topological polar surface area (TPSA) is 57.5 Å². The van der Waals surface area contributed by atoms with Gasteiger partial charge in [-0.3, -0.25) is 4.79 Å². The van der Waals surface area contributed by atoms with Gasteiger partial charge in [-0.05, 0) is 31.1 Å². The second-order valence-corrected chi connectivity index (χ2v) is 4.38. The predicted octanol–water partition coefficient (Wildman–Crippen LogP) is 2.04. The minimum absolute atomic E-state index is 0.0364. The maximum atomic E-state index is 9.45. The lowest BCUT2D eigenvalue weighted by Crippen LogP contribution is -2.29. The van der Waals surface area contributed by atoms with Gasteiger partial charge in [-0.1, -0.05) is 25.7 Å². The first kappa shape index (κ1) is 11.5. The summed E-state index contributed by atoms with van der Waals surface area (Å²) in [5, 5.41) is 16.3. The minimum atomic E-state index is -0.250. The van der Waals surface area contributed by atoms with E-state index < -0.39 is 0 Å². The number of aliphatic hydroxyl groups is 1.